The standard InChI is InChI=1S/C25H20I2N2O2/c1-17(20-5-3-2-4-6-20)29-25(30)21(15-28)13-19-9-12-24(23(27)14-19)31-16-18-7-10-22(26)11-8-18/h2-14,17H,16H2,1H3,(H,29,30)/b21-13-/t17-/m0/s1. The summed E-state index contributed by atoms with van der Waals surface area (Å²) in [5.74, 6) is 0.366. The zero-order valence-electron chi connectivity index (χ0n) is 16.8. The fourth-order valence-electron chi connectivity index (χ4n) is 2.88. The Kier molecular flexibility index (Phi) is 8.49. The maximum atomic E-state index is 12.6. The zero-order chi connectivity index (χ0) is 22.2. The maximum absolute atomic E-state index is 12.6. The average molecular weight is 634 g/mol. The minimum Gasteiger partial charge on any atom is -0.488 e. The van der Waals surface area contributed by atoms with Crippen molar-refractivity contribution in [1.29, 1.82) is 5.26 Å². The minimum absolute atomic E-state index is 0.0612. The van der Waals surface area contributed by atoms with Gasteiger partial charge in [0.25, 0.3) is 5.91 Å². The molecular weight excluding hydrogens is 614 g/mol. The maximum Gasteiger partial charge on any atom is 0.262 e. The Morgan fingerprint density at radius 2 is 1.81 bits per heavy atom. The third-order valence-electron chi connectivity index (χ3n) is 4.59. The summed E-state index contributed by atoms with van der Waals surface area (Å²) < 4.78 is 8.02. The van der Waals surface area contributed by atoms with Crippen LogP contribution in [0.5, 0.6) is 5.75 Å². The molecule has 6 heteroatoms. The summed E-state index contributed by atoms with van der Waals surface area (Å²) >= 11 is 4.47. The molecule has 3 aromatic rings. The number of carbonyl (C=O) groups is 1. The topological polar surface area (TPSA) is 62.1 Å². The van der Waals surface area contributed by atoms with Crippen molar-refractivity contribution < 1.29 is 9.53 Å². The number of halogens is 2. The van der Waals surface area contributed by atoms with Crippen molar-refractivity contribution in [2.75, 3.05) is 0 Å². The van der Waals surface area contributed by atoms with Gasteiger partial charge in [-0.2, -0.15) is 5.26 Å². The predicted molar refractivity (Wildman–Crippen MR) is 139 cm³/mol. The number of benzene rings is 3. The predicted octanol–water partition coefficient (Wildman–Crippen LogP) is 6.26. The van der Waals surface area contributed by atoms with E-state index in [1.54, 1.807) is 6.08 Å². The van der Waals surface area contributed by atoms with E-state index in [9.17, 15) is 10.1 Å². The number of nitrogens with zero attached hydrogens (tertiary/aromatic N) is 1. The van der Waals surface area contributed by atoms with Gasteiger partial charge >= 0.3 is 0 Å². The van der Waals surface area contributed by atoms with E-state index in [-0.39, 0.29) is 11.6 Å². The first kappa shape index (κ1) is 23.3. The normalized spacial score (nSPS) is 12.0. The van der Waals surface area contributed by atoms with Crippen molar-refractivity contribution in [3.63, 3.8) is 0 Å². The first-order valence-corrected chi connectivity index (χ1v) is 11.8. The van der Waals surface area contributed by atoms with Gasteiger partial charge in [-0.1, -0.05) is 48.5 Å². The molecule has 1 N–H and O–H groups in total. The molecule has 0 radical (unpaired) electrons. The minimum atomic E-state index is -0.395. The number of hydrogen-bond donors (Lipinski definition) is 1. The Morgan fingerprint density at radius 3 is 2.45 bits per heavy atom. The van der Waals surface area contributed by atoms with Crippen LogP contribution in [-0.4, -0.2) is 5.91 Å². The van der Waals surface area contributed by atoms with Crippen molar-refractivity contribution in [1.82, 2.24) is 5.32 Å². The van der Waals surface area contributed by atoms with Gasteiger partial charge in [-0.25, -0.2) is 0 Å². The lowest BCUT2D eigenvalue weighted by atomic mass is 10.1. The Labute approximate surface area is 209 Å². The van der Waals surface area contributed by atoms with Gasteiger partial charge in [0.2, 0.25) is 0 Å². The lowest BCUT2D eigenvalue weighted by Crippen LogP contribution is -2.27. The highest BCUT2D eigenvalue weighted by atomic mass is 127. The third kappa shape index (κ3) is 6.80. The summed E-state index contributed by atoms with van der Waals surface area (Å²) in [5.41, 5.74) is 2.91. The monoisotopic (exact) mass is 634 g/mol. The average Bonchev–Trinajstić information content (AvgIpc) is 2.78. The van der Waals surface area contributed by atoms with Crippen molar-refractivity contribution in [2.24, 2.45) is 0 Å². The van der Waals surface area contributed by atoms with Crippen LogP contribution in [0.15, 0.2) is 78.4 Å². The van der Waals surface area contributed by atoms with Gasteiger partial charge in [-0.15, -0.1) is 0 Å². The first-order valence-electron chi connectivity index (χ1n) is 9.60. The van der Waals surface area contributed by atoms with E-state index < -0.39 is 5.91 Å². The molecule has 31 heavy (non-hydrogen) atoms. The van der Waals surface area contributed by atoms with E-state index in [1.807, 2.05) is 85.8 Å². The van der Waals surface area contributed by atoms with E-state index in [2.05, 4.69) is 50.5 Å². The van der Waals surface area contributed by atoms with Gasteiger partial charge in [0, 0.05) is 3.57 Å². The highest BCUT2D eigenvalue weighted by Gasteiger charge is 2.14. The molecule has 3 aromatic carbocycles. The van der Waals surface area contributed by atoms with Crippen molar-refractivity contribution in [3.05, 3.63) is 102 Å². The highest BCUT2D eigenvalue weighted by molar-refractivity contribution is 14.1. The van der Waals surface area contributed by atoms with Gasteiger partial charge in [0.05, 0.1) is 9.61 Å². The molecule has 0 saturated carbocycles. The lowest BCUT2D eigenvalue weighted by molar-refractivity contribution is -0.117. The Morgan fingerprint density at radius 1 is 1.10 bits per heavy atom. The molecule has 0 aliphatic heterocycles. The van der Waals surface area contributed by atoms with Crippen LogP contribution in [0.25, 0.3) is 6.08 Å². The Hall–Kier alpha value is -2.38. The molecule has 0 fully saturated rings. The van der Waals surface area contributed by atoms with E-state index >= 15 is 0 Å². The summed E-state index contributed by atoms with van der Waals surface area (Å²) in [7, 11) is 0. The van der Waals surface area contributed by atoms with Crippen LogP contribution in [0.4, 0.5) is 0 Å². The molecule has 1 amide bonds. The van der Waals surface area contributed by atoms with E-state index in [1.165, 1.54) is 3.57 Å². The number of nitriles is 1. The number of hydrogen-bond acceptors (Lipinski definition) is 3. The van der Waals surface area contributed by atoms with Gasteiger partial charge in [-0.3, -0.25) is 4.79 Å². The fourth-order valence-corrected chi connectivity index (χ4v) is 3.94. The second kappa shape index (κ2) is 11.3. The number of nitrogens with one attached hydrogen (secondary N) is 1. The molecule has 0 aromatic heterocycles. The molecule has 0 heterocycles. The number of ether oxygens (including phenoxy) is 1. The van der Waals surface area contributed by atoms with Gasteiger partial charge < -0.3 is 10.1 Å². The van der Waals surface area contributed by atoms with Crippen LogP contribution in [0.1, 0.15) is 29.7 Å². The largest absolute Gasteiger partial charge is 0.488 e. The molecule has 0 spiro atoms. The lowest BCUT2D eigenvalue weighted by Gasteiger charge is -2.14. The van der Waals surface area contributed by atoms with Gasteiger partial charge in [-0.05, 0) is 99.1 Å². The van der Waals surface area contributed by atoms with Crippen LogP contribution >= 0.6 is 45.2 Å². The molecule has 0 saturated heterocycles. The smallest absolute Gasteiger partial charge is 0.262 e. The molecule has 0 aliphatic carbocycles. The number of amides is 1. The van der Waals surface area contributed by atoms with Crippen LogP contribution < -0.4 is 10.1 Å². The first-order chi connectivity index (χ1) is 15.0. The molecule has 0 bridgehead atoms. The van der Waals surface area contributed by atoms with Crippen molar-refractivity contribution in [3.8, 4) is 11.8 Å². The molecule has 0 aliphatic rings. The molecular formula is C25H20I2N2O2. The van der Waals surface area contributed by atoms with Crippen LogP contribution in [-0.2, 0) is 11.4 Å². The number of carbonyl (C=O) groups excluding carboxylic acids is 1. The van der Waals surface area contributed by atoms with Crippen LogP contribution in [0.3, 0.4) is 0 Å². The van der Waals surface area contributed by atoms with Gasteiger partial charge in [0.15, 0.2) is 0 Å². The summed E-state index contributed by atoms with van der Waals surface area (Å²) in [6.07, 6.45) is 1.60. The van der Waals surface area contributed by atoms with E-state index in [0.717, 1.165) is 26.0 Å². The SMILES string of the molecule is C[C@H](NC(=O)/C(C#N)=C\c1ccc(OCc2ccc(I)cc2)c(I)c1)c1ccccc1. The molecule has 4 nitrogen and oxygen atoms in total. The van der Waals surface area contributed by atoms with Crippen LogP contribution in [0.2, 0.25) is 0 Å². The Balaban J connectivity index is 1.67. The molecule has 1 atom stereocenters. The van der Waals surface area contributed by atoms with E-state index in [4.69, 9.17) is 4.74 Å². The fraction of sp³-hybridized carbons (Fsp3) is 0.120. The van der Waals surface area contributed by atoms with Crippen molar-refractivity contribution >= 4 is 57.2 Å². The third-order valence-corrected chi connectivity index (χ3v) is 6.15. The highest BCUT2D eigenvalue weighted by Crippen LogP contribution is 2.24. The zero-order valence-corrected chi connectivity index (χ0v) is 21.1. The second-order valence-corrected chi connectivity index (χ2v) is 9.29. The van der Waals surface area contributed by atoms with E-state index in [0.29, 0.717) is 6.61 Å². The molecule has 0 unspecified atom stereocenters. The summed E-state index contributed by atoms with van der Waals surface area (Å²) in [6.45, 7) is 2.37. The summed E-state index contributed by atoms with van der Waals surface area (Å²) in [6, 6.07) is 25.2. The number of rotatable bonds is 7. The molecule has 3 rings (SSSR count). The Bertz CT molecular complexity index is 1120. The summed E-state index contributed by atoms with van der Waals surface area (Å²) in [5, 5.41) is 12.4. The quantitative estimate of drug-likeness (QED) is 0.190. The summed E-state index contributed by atoms with van der Waals surface area (Å²) in [4.78, 5) is 12.6. The van der Waals surface area contributed by atoms with Gasteiger partial charge in [0.1, 0.15) is 24.0 Å². The second-order valence-electron chi connectivity index (χ2n) is 6.88. The molecule has 156 valence electrons. The van der Waals surface area contributed by atoms with Crippen molar-refractivity contribution in [2.45, 2.75) is 19.6 Å². The van der Waals surface area contributed by atoms with Crippen LogP contribution in [0, 0.1) is 18.5 Å².